The predicted molar refractivity (Wildman–Crippen MR) is 74.0 cm³/mol. The van der Waals surface area contributed by atoms with Gasteiger partial charge in [0, 0.05) is 6.20 Å². The Kier molecular flexibility index (Phi) is 4.43. The maximum Gasteiger partial charge on any atom is 0.341 e. The van der Waals surface area contributed by atoms with Crippen LogP contribution in [-0.4, -0.2) is 27.5 Å². The number of nitrogens with zero attached hydrogens (tertiary/aromatic N) is 3. The minimum Gasteiger partial charge on any atom is -0.462 e. The van der Waals surface area contributed by atoms with Crippen LogP contribution in [0.15, 0.2) is 30.9 Å². The molecule has 0 aliphatic heterocycles. The Labute approximate surface area is 116 Å². The van der Waals surface area contributed by atoms with Crippen molar-refractivity contribution in [2.24, 2.45) is 0 Å². The lowest BCUT2D eigenvalue weighted by molar-refractivity contribution is 0.0527. The van der Waals surface area contributed by atoms with Gasteiger partial charge in [0.1, 0.15) is 17.7 Å². The second kappa shape index (κ2) is 6.46. The van der Waals surface area contributed by atoms with E-state index in [4.69, 9.17) is 10.5 Å². The fourth-order valence-corrected chi connectivity index (χ4v) is 1.58. The number of nitrogens with one attached hydrogen (secondary N) is 1. The molecule has 0 spiro atoms. The number of anilines is 2. The van der Waals surface area contributed by atoms with Crippen molar-refractivity contribution in [2.75, 3.05) is 17.7 Å². The van der Waals surface area contributed by atoms with E-state index in [2.05, 4.69) is 20.3 Å². The van der Waals surface area contributed by atoms with Crippen molar-refractivity contribution in [3.63, 3.8) is 0 Å². The number of rotatable bonds is 5. The summed E-state index contributed by atoms with van der Waals surface area (Å²) >= 11 is 0. The molecule has 2 heterocycles. The van der Waals surface area contributed by atoms with Gasteiger partial charge in [0.2, 0.25) is 0 Å². The van der Waals surface area contributed by atoms with Crippen LogP contribution in [0.5, 0.6) is 0 Å². The molecule has 0 unspecified atom stereocenters. The molecule has 2 aromatic rings. The number of esters is 1. The average Bonchev–Trinajstić information content (AvgIpc) is 2.47. The standard InChI is InChI=1S/C13H15N5O2/c1-2-20-13(19)11-5-9(14)6-16-12(11)17-7-10-3-4-15-8-18-10/h3-6,8H,2,7,14H2,1H3,(H,16,17). The Morgan fingerprint density at radius 1 is 1.45 bits per heavy atom. The molecule has 2 aromatic heterocycles. The van der Waals surface area contributed by atoms with Crippen molar-refractivity contribution < 1.29 is 9.53 Å². The minimum absolute atomic E-state index is 0.291. The molecule has 2 rings (SSSR count). The number of hydrogen-bond acceptors (Lipinski definition) is 7. The van der Waals surface area contributed by atoms with Crippen LogP contribution in [0, 0.1) is 0 Å². The van der Waals surface area contributed by atoms with Gasteiger partial charge in [-0.1, -0.05) is 0 Å². The Hall–Kier alpha value is -2.70. The largest absolute Gasteiger partial charge is 0.462 e. The zero-order chi connectivity index (χ0) is 14.4. The molecule has 0 saturated heterocycles. The number of pyridine rings is 1. The van der Waals surface area contributed by atoms with E-state index in [9.17, 15) is 4.79 Å². The van der Waals surface area contributed by atoms with E-state index in [1.165, 1.54) is 18.6 Å². The highest BCUT2D eigenvalue weighted by Crippen LogP contribution is 2.17. The van der Waals surface area contributed by atoms with Gasteiger partial charge in [-0.05, 0) is 19.1 Å². The Bertz CT molecular complexity index is 589. The molecule has 0 aromatic carbocycles. The summed E-state index contributed by atoms with van der Waals surface area (Å²) in [5.41, 5.74) is 7.15. The molecule has 0 fully saturated rings. The first-order valence-corrected chi connectivity index (χ1v) is 6.12. The Morgan fingerprint density at radius 2 is 2.30 bits per heavy atom. The van der Waals surface area contributed by atoms with E-state index in [1.807, 2.05) is 0 Å². The SMILES string of the molecule is CCOC(=O)c1cc(N)cnc1NCc1ccncn1. The molecule has 0 bridgehead atoms. The van der Waals surface area contributed by atoms with Crippen LogP contribution in [-0.2, 0) is 11.3 Å². The van der Waals surface area contributed by atoms with Gasteiger partial charge in [0.15, 0.2) is 0 Å². The molecule has 0 amide bonds. The van der Waals surface area contributed by atoms with Gasteiger partial charge in [-0.25, -0.2) is 19.7 Å². The Balaban J connectivity index is 2.16. The molecule has 0 aliphatic rings. The van der Waals surface area contributed by atoms with E-state index < -0.39 is 5.97 Å². The fourth-order valence-electron chi connectivity index (χ4n) is 1.58. The van der Waals surface area contributed by atoms with Gasteiger partial charge in [-0.15, -0.1) is 0 Å². The number of aromatic nitrogens is 3. The van der Waals surface area contributed by atoms with Gasteiger partial charge in [0.05, 0.1) is 30.7 Å². The molecule has 20 heavy (non-hydrogen) atoms. The molecule has 0 atom stereocenters. The molecule has 104 valence electrons. The lowest BCUT2D eigenvalue weighted by Gasteiger charge is -2.10. The highest BCUT2D eigenvalue weighted by molar-refractivity contribution is 5.95. The molecular formula is C13H15N5O2. The lowest BCUT2D eigenvalue weighted by atomic mass is 10.2. The summed E-state index contributed by atoms with van der Waals surface area (Å²) in [6, 6.07) is 3.31. The summed E-state index contributed by atoms with van der Waals surface area (Å²) in [5, 5.41) is 3.04. The third kappa shape index (κ3) is 3.41. The number of hydrogen-bond donors (Lipinski definition) is 2. The molecule has 0 aliphatic carbocycles. The van der Waals surface area contributed by atoms with Gasteiger partial charge in [0.25, 0.3) is 0 Å². The first-order valence-electron chi connectivity index (χ1n) is 6.12. The number of carbonyl (C=O) groups excluding carboxylic acids is 1. The molecule has 7 nitrogen and oxygen atoms in total. The van der Waals surface area contributed by atoms with E-state index in [0.717, 1.165) is 5.69 Å². The third-order valence-corrected chi connectivity index (χ3v) is 2.48. The summed E-state index contributed by atoms with van der Waals surface area (Å²) in [5.74, 6) is -0.0475. The van der Waals surface area contributed by atoms with Gasteiger partial charge in [-0.2, -0.15) is 0 Å². The minimum atomic E-state index is -0.461. The maximum absolute atomic E-state index is 11.8. The van der Waals surface area contributed by atoms with Crippen LogP contribution < -0.4 is 11.1 Å². The number of carbonyl (C=O) groups is 1. The lowest BCUT2D eigenvalue weighted by Crippen LogP contribution is -2.12. The first-order chi connectivity index (χ1) is 9.70. The maximum atomic E-state index is 11.8. The van der Waals surface area contributed by atoms with E-state index in [-0.39, 0.29) is 0 Å². The topological polar surface area (TPSA) is 103 Å². The monoisotopic (exact) mass is 273 g/mol. The summed E-state index contributed by atoms with van der Waals surface area (Å²) in [7, 11) is 0. The average molecular weight is 273 g/mol. The summed E-state index contributed by atoms with van der Waals surface area (Å²) < 4.78 is 4.98. The van der Waals surface area contributed by atoms with Crippen molar-refractivity contribution in [2.45, 2.75) is 13.5 Å². The molecule has 0 saturated carbocycles. The second-order valence-corrected chi connectivity index (χ2v) is 3.94. The second-order valence-electron chi connectivity index (χ2n) is 3.94. The number of ether oxygens (including phenoxy) is 1. The van der Waals surface area contributed by atoms with Crippen molar-refractivity contribution in [3.05, 3.63) is 42.1 Å². The van der Waals surface area contributed by atoms with Crippen molar-refractivity contribution >= 4 is 17.5 Å². The molecule has 0 radical (unpaired) electrons. The predicted octanol–water partition coefficient (Wildman–Crippen LogP) is 1.24. The van der Waals surface area contributed by atoms with Crippen LogP contribution in [0.2, 0.25) is 0 Å². The van der Waals surface area contributed by atoms with Crippen molar-refractivity contribution in [1.82, 2.24) is 15.0 Å². The van der Waals surface area contributed by atoms with Gasteiger partial charge in [-0.3, -0.25) is 0 Å². The molecule has 3 N–H and O–H groups in total. The van der Waals surface area contributed by atoms with Crippen molar-refractivity contribution in [3.8, 4) is 0 Å². The zero-order valence-corrected chi connectivity index (χ0v) is 11.0. The molecular weight excluding hydrogens is 258 g/mol. The number of nitrogens with two attached hydrogens (primary N) is 1. The number of nitrogen functional groups attached to an aromatic ring is 1. The van der Waals surface area contributed by atoms with Crippen LogP contribution in [0.3, 0.4) is 0 Å². The van der Waals surface area contributed by atoms with Crippen LogP contribution in [0.4, 0.5) is 11.5 Å². The normalized spacial score (nSPS) is 10.1. The smallest absolute Gasteiger partial charge is 0.341 e. The summed E-state index contributed by atoms with van der Waals surface area (Å²) in [6.45, 7) is 2.45. The molecule has 7 heteroatoms. The summed E-state index contributed by atoms with van der Waals surface area (Å²) in [4.78, 5) is 23.9. The third-order valence-electron chi connectivity index (χ3n) is 2.48. The zero-order valence-electron chi connectivity index (χ0n) is 11.0. The van der Waals surface area contributed by atoms with Crippen LogP contribution in [0.1, 0.15) is 23.0 Å². The van der Waals surface area contributed by atoms with Crippen LogP contribution in [0.25, 0.3) is 0 Å². The quantitative estimate of drug-likeness (QED) is 0.790. The van der Waals surface area contributed by atoms with Crippen LogP contribution >= 0.6 is 0 Å². The van der Waals surface area contributed by atoms with E-state index in [1.54, 1.807) is 19.2 Å². The fraction of sp³-hybridized carbons (Fsp3) is 0.231. The Morgan fingerprint density at radius 3 is 3.00 bits per heavy atom. The van der Waals surface area contributed by atoms with E-state index in [0.29, 0.717) is 30.2 Å². The highest BCUT2D eigenvalue weighted by atomic mass is 16.5. The van der Waals surface area contributed by atoms with Crippen molar-refractivity contribution in [1.29, 1.82) is 0 Å². The highest BCUT2D eigenvalue weighted by Gasteiger charge is 2.14. The van der Waals surface area contributed by atoms with Gasteiger partial charge < -0.3 is 15.8 Å². The first kappa shape index (κ1) is 13.7. The summed E-state index contributed by atoms with van der Waals surface area (Å²) in [6.07, 6.45) is 4.58. The van der Waals surface area contributed by atoms with Gasteiger partial charge >= 0.3 is 5.97 Å². The van der Waals surface area contributed by atoms with E-state index >= 15 is 0 Å².